The first-order valence-corrected chi connectivity index (χ1v) is 7.06. The Hall–Kier alpha value is -1.64. The maximum absolute atomic E-state index is 12.2. The molecule has 0 aliphatic carbocycles. The van der Waals surface area contributed by atoms with E-state index in [1.807, 2.05) is 0 Å². The zero-order chi connectivity index (χ0) is 18.3. The maximum atomic E-state index is 12.2. The summed E-state index contributed by atoms with van der Waals surface area (Å²) in [6, 6.07) is 0. The summed E-state index contributed by atoms with van der Waals surface area (Å²) in [6.45, 7) is 3.44. The molecule has 0 saturated carbocycles. The monoisotopic (exact) mass is 400 g/mol. The van der Waals surface area contributed by atoms with Crippen LogP contribution in [0.3, 0.4) is 0 Å². The molecule has 0 aromatic rings. The Morgan fingerprint density at radius 1 is 1.13 bits per heavy atom. The first kappa shape index (κ1) is 21.4. The topological polar surface area (TPSA) is 69.7 Å². The van der Waals surface area contributed by atoms with Gasteiger partial charge >= 0.3 is 18.1 Å². The Morgan fingerprint density at radius 3 is 1.96 bits per heavy atom. The number of hydrogen-bond acceptors (Lipinski definition) is 5. The molecule has 0 bridgehead atoms. The summed E-state index contributed by atoms with van der Waals surface area (Å²) < 4.78 is 45.7. The van der Waals surface area contributed by atoms with Crippen LogP contribution >= 0.6 is 15.9 Å². The Labute approximate surface area is 139 Å². The standard InChI is InChI=1S/C14H16BrF3O5/c1-4-7-13(11(20)22-2,12(21)23-3)8-9(15)5-6-10(19)14(16,17)18/h4-5H,1,6-8H2,2-3H3/b9-5-. The molecule has 0 aromatic carbocycles. The van der Waals surface area contributed by atoms with Crippen LogP contribution in [0.5, 0.6) is 0 Å². The zero-order valence-corrected chi connectivity index (χ0v) is 14.1. The van der Waals surface area contributed by atoms with Gasteiger partial charge in [0.25, 0.3) is 0 Å². The van der Waals surface area contributed by atoms with Crippen LogP contribution in [0.1, 0.15) is 19.3 Å². The smallest absolute Gasteiger partial charge is 0.450 e. The van der Waals surface area contributed by atoms with Gasteiger partial charge in [0, 0.05) is 12.8 Å². The predicted molar refractivity (Wildman–Crippen MR) is 78.6 cm³/mol. The minimum absolute atomic E-state index is 0.0627. The van der Waals surface area contributed by atoms with Gasteiger partial charge in [-0.3, -0.25) is 14.4 Å². The molecule has 0 saturated heterocycles. The maximum Gasteiger partial charge on any atom is 0.450 e. The van der Waals surface area contributed by atoms with E-state index in [0.717, 1.165) is 20.3 Å². The van der Waals surface area contributed by atoms with E-state index in [2.05, 4.69) is 32.0 Å². The van der Waals surface area contributed by atoms with Gasteiger partial charge in [-0.15, -0.1) is 6.58 Å². The molecule has 0 aliphatic heterocycles. The number of ether oxygens (including phenoxy) is 2. The van der Waals surface area contributed by atoms with E-state index in [1.165, 1.54) is 6.08 Å². The third-order valence-corrected chi connectivity index (χ3v) is 3.54. The molecule has 23 heavy (non-hydrogen) atoms. The number of halogens is 4. The molecule has 0 N–H and O–H groups in total. The van der Waals surface area contributed by atoms with Gasteiger partial charge < -0.3 is 9.47 Å². The van der Waals surface area contributed by atoms with E-state index in [1.54, 1.807) is 0 Å². The molecule has 0 radical (unpaired) electrons. The first-order chi connectivity index (χ1) is 10.5. The van der Waals surface area contributed by atoms with E-state index >= 15 is 0 Å². The minimum atomic E-state index is -4.95. The van der Waals surface area contributed by atoms with Crippen molar-refractivity contribution in [2.24, 2.45) is 5.41 Å². The number of hydrogen-bond donors (Lipinski definition) is 0. The molecule has 0 spiro atoms. The van der Waals surface area contributed by atoms with Crippen molar-refractivity contribution in [3.63, 3.8) is 0 Å². The third-order valence-electron chi connectivity index (χ3n) is 2.94. The van der Waals surface area contributed by atoms with Gasteiger partial charge in [-0.2, -0.15) is 13.2 Å². The number of ketones is 1. The molecule has 9 heteroatoms. The summed E-state index contributed by atoms with van der Waals surface area (Å²) in [5.41, 5.74) is -1.79. The lowest BCUT2D eigenvalue weighted by Gasteiger charge is -2.26. The molecule has 0 amide bonds. The molecule has 130 valence electrons. The van der Waals surface area contributed by atoms with E-state index in [9.17, 15) is 27.6 Å². The van der Waals surface area contributed by atoms with Gasteiger partial charge in [0.1, 0.15) is 0 Å². The van der Waals surface area contributed by atoms with Gasteiger partial charge in [0.05, 0.1) is 14.2 Å². The Morgan fingerprint density at radius 2 is 1.61 bits per heavy atom. The van der Waals surface area contributed by atoms with Gasteiger partial charge in [-0.05, 0) is 10.9 Å². The second kappa shape index (κ2) is 8.85. The lowest BCUT2D eigenvalue weighted by Crippen LogP contribution is -2.41. The van der Waals surface area contributed by atoms with Gasteiger partial charge in [-0.1, -0.05) is 28.1 Å². The van der Waals surface area contributed by atoms with Crippen LogP contribution in [0.15, 0.2) is 23.2 Å². The zero-order valence-electron chi connectivity index (χ0n) is 12.5. The van der Waals surface area contributed by atoms with E-state index in [4.69, 9.17) is 0 Å². The second-order valence-corrected chi connectivity index (χ2v) is 5.53. The largest absolute Gasteiger partial charge is 0.468 e. The minimum Gasteiger partial charge on any atom is -0.468 e. The molecule has 0 atom stereocenters. The highest BCUT2D eigenvalue weighted by atomic mass is 79.9. The van der Waals surface area contributed by atoms with Crippen molar-refractivity contribution < 1.29 is 37.0 Å². The van der Waals surface area contributed by atoms with E-state index < -0.39 is 35.7 Å². The Balaban J connectivity index is 5.45. The van der Waals surface area contributed by atoms with Crippen molar-refractivity contribution in [3.05, 3.63) is 23.2 Å². The molecule has 0 fully saturated rings. The van der Waals surface area contributed by atoms with Crippen molar-refractivity contribution in [2.45, 2.75) is 25.4 Å². The molecule has 0 heterocycles. The lowest BCUT2D eigenvalue weighted by molar-refractivity contribution is -0.170. The molecule has 0 unspecified atom stereocenters. The molecule has 5 nitrogen and oxygen atoms in total. The number of rotatable bonds is 8. The SMILES string of the molecule is C=CCC(C/C(Br)=C/CC(=O)C(F)(F)F)(C(=O)OC)C(=O)OC. The number of methoxy groups -OCH3 is 2. The molecule has 0 aliphatic rings. The highest BCUT2D eigenvalue weighted by Gasteiger charge is 2.47. The Kier molecular flexibility index (Phi) is 8.22. The summed E-state index contributed by atoms with van der Waals surface area (Å²) in [7, 11) is 2.13. The fourth-order valence-corrected chi connectivity index (χ4v) is 2.42. The number of esters is 2. The quantitative estimate of drug-likeness (QED) is 0.355. The molecule has 0 aromatic heterocycles. The highest BCUT2D eigenvalue weighted by molar-refractivity contribution is 9.11. The second-order valence-electron chi connectivity index (χ2n) is 4.51. The lowest BCUT2D eigenvalue weighted by atomic mass is 9.80. The van der Waals surface area contributed by atoms with Crippen molar-refractivity contribution in [1.29, 1.82) is 0 Å². The number of carbonyl (C=O) groups excluding carboxylic acids is 3. The first-order valence-electron chi connectivity index (χ1n) is 6.27. The van der Waals surface area contributed by atoms with Gasteiger partial charge in [0.2, 0.25) is 5.78 Å². The molecular formula is C14H16BrF3O5. The predicted octanol–water partition coefficient (Wildman–Crippen LogP) is 3.09. The van der Waals surface area contributed by atoms with Gasteiger partial charge in [-0.25, -0.2) is 0 Å². The summed E-state index contributed by atoms with van der Waals surface area (Å²) in [5, 5.41) is 0. The van der Waals surface area contributed by atoms with Crippen LogP contribution in [-0.4, -0.2) is 38.1 Å². The van der Waals surface area contributed by atoms with Crippen LogP contribution in [0.4, 0.5) is 13.2 Å². The normalized spacial score (nSPS) is 12.5. The van der Waals surface area contributed by atoms with Crippen LogP contribution in [-0.2, 0) is 23.9 Å². The third kappa shape index (κ3) is 5.81. The van der Waals surface area contributed by atoms with Crippen molar-refractivity contribution >= 4 is 33.7 Å². The fraction of sp³-hybridized carbons (Fsp3) is 0.500. The van der Waals surface area contributed by atoms with Crippen molar-refractivity contribution in [3.8, 4) is 0 Å². The molecule has 0 rings (SSSR count). The highest BCUT2D eigenvalue weighted by Crippen LogP contribution is 2.36. The number of carbonyl (C=O) groups is 3. The number of alkyl halides is 3. The Bertz CT molecular complexity index is 495. The van der Waals surface area contributed by atoms with Gasteiger partial charge in [0.15, 0.2) is 5.41 Å². The van der Waals surface area contributed by atoms with Crippen LogP contribution in [0.2, 0.25) is 0 Å². The summed E-state index contributed by atoms with van der Waals surface area (Å²) in [6.07, 6.45) is -4.12. The van der Waals surface area contributed by atoms with Crippen LogP contribution in [0.25, 0.3) is 0 Å². The van der Waals surface area contributed by atoms with Crippen molar-refractivity contribution in [2.75, 3.05) is 14.2 Å². The number of allylic oxidation sites excluding steroid dienone is 3. The number of Topliss-reactive ketones (excluding diaryl/α,β-unsaturated/α-hetero) is 1. The van der Waals surface area contributed by atoms with Crippen LogP contribution < -0.4 is 0 Å². The molecular weight excluding hydrogens is 385 g/mol. The van der Waals surface area contributed by atoms with E-state index in [0.29, 0.717) is 0 Å². The van der Waals surface area contributed by atoms with Crippen LogP contribution in [0, 0.1) is 5.41 Å². The average Bonchev–Trinajstić information content (AvgIpc) is 2.49. The fourth-order valence-electron chi connectivity index (χ4n) is 1.78. The average molecular weight is 401 g/mol. The summed E-state index contributed by atoms with van der Waals surface area (Å²) in [5.74, 6) is -3.78. The van der Waals surface area contributed by atoms with Crippen molar-refractivity contribution in [1.82, 2.24) is 0 Å². The summed E-state index contributed by atoms with van der Waals surface area (Å²) in [4.78, 5) is 34.8. The summed E-state index contributed by atoms with van der Waals surface area (Å²) >= 11 is 2.97. The van der Waals surface area contributed by atoms with E-state index in [-0.39, 0.29) is 17.3 Å².